The molecule has 0 bridgehead atoms. The van der Waals surface area contributed by atoms with Crippen molar-refractivity contribution in [3.63, 3.8) is 0 Å². The number of rotatable bonds is 3. The number of amides is 1. The van der Waals surface area contributed by atoms with Crippen molar-refractivity contribution >= 4 is 11.7 Å². The van der Waals surface area contributed by atoms with E-state index in [2.05, 4.69) is 29.2 Å². The first-order chi connectivity index (χ1) is 10.7. The van der Waals surface area contributed by atoms with Crippen LogP contribution >= 0.6 is 0 Å². The fraction of sp³-hybridized carbons (Fsp3) is 0.333. The second-order valence-electron chi connectivity index (χ2n) is 5.86. The number of nitrogen functional groups attached to an aromatic ring is 1. The molecule has 4 heteroatoms. The summed E-state index contributed by atoms with van der Waals surface area (Å²) >= 11 is 0. The van der Waals surface area contributed by atoms with Gasteiger partial charge in [0.1, 0.15) is 5.82 Å². The number of nitrogens with two attached hydrogens (primary N) is 1. The predicted molar refractivity (Wildman–Crippen MR) is 87.4 cm³/mol. The summed E-state index contributed by atoms with van der Waals surface area (Å²) in [6.07, 6.45) is 4.79. The molecule has 114 valence electrons. The van der Waals surface area contributed by atoms with Gasteiger partial charge in [-0.15, -0.1) is 0 Å². The quantitative estimate of drug-likeness (QED) is 0.947. The number of aromatic nitrogens is 1. The first-order valence-electron chi connectivity index (χ1n) is 7.77. The number of carbonyl (C=O) groups is 1. The van der Waals surface area contributed by atoms with E-state index >= 15 is 0 Å². The third kappa shape index (κ3) is 3.27. The molecule has 1 saturated heterocycles. The molecule has 0 unspecified atom stereocenters. The number of carbonyl (C=O) groups excluding carboxylic acids is 1. The van der Waals surface area contributed by atoms with Gasteiger partial charge in [0.2, 0.25) is 0 Å². The third-order valence-corrected chi connectivity index (χ3v) is 4.34. The molecule has 0 saturated carbocycles. The predicted octanol–water partition coefficient (Wildman–Crippen LogP) is 2.76. The fourth-order valence-corrected chi connectivity index (χ4v) is 3.06. The lowest BCUT2D eigenvalue weighted by Gasteiger charge is -2.32. The average Bonchev–Trinajstić information content (AvgIpc) is 2.56. The summed E-state index contributed by atoms with van der Waals surface area (Å²) in [5.41, 5.74) is 7.70. The van der Waals surface area contributed by atoms with E-state index in [4.69, 9.17) is 5.73 Å². The second kappa shape index (κ2) is 6.60. The van der Waals surface area contributed by atoms with Gasteiger partial charge in [0.15, 0.2) is 0 Å². The molecule has 0 atom stereocenters. The molecule has 2 aromatic rings. The molecule has 2 heterocycles. The molecule has 0 aliphatic carbocycles. The molecule has 3 rings (SSSR count). The first-order valence-corrected chi connectivity index (χ1v) is 7.77. The number of nitrogens with zero attached hydrogens (tertiary/aromatic N) is 2. The topological polar surface area (TPSA) is 59.2 Å². The van der Waals surface area contributed by atoms with E-state index in [1.165, 1.54) is 5.56 Å². The minimum absolute atomic E-state index is 0.00348. The van der Waals surface area contributed by atoms with E-state index in [-0.39, 0.29) is 5.91 Å². The number of likely N-dealkylation sites (tertiary alicyclic amines) is 1. The van der Waals surface area contributed by atoms with E-state index in [1.54, 1.807) is 18.3 Å². The molecule has 1 aromatic heterocycles. The van der Waals surface area contributed by atoms with Gasteiger partial charge in [-0.1, -0.05) is 30.3 Å². The Morgan fingerprint density at radius 1 is 1.14 bits per heavy atom. The van der Waals surface area contributed by atoms with Gasteiger partial charge in [-0.25, -0.2) is 4.98 Å². The Morgan fingerprint density at radius 3 is 2.55 bits per heavy atom. The molecule has 0 radical (unpaired) electrons. The number of pyridine rings is 1. The molecule has 1 aromatic carbocycles. The van der Waals surface area contributed by atoms with Crippen LogP contribution < -0.4 is 5.73 Å². The Balaban J connectivity index is 1.58. The molecule has 2 N–H and O–H groups in total. The van der Waals surface area contributed by atoms with Gasteiger partial charge >= 0.3 is 0 Å². The maximum atomic E-state index is 12.5. The molecular weight excluding hydrogens is 274 g/mol. The van der Waals surface area contributed by atoms with E-state index in [9.17, 15) is 4.79 Å². The highest BCUT2D eigenvalue weighted by Crippen LogP contribution is 2.23. The van der Waals surface area contributed by atoms with Gasteiger partial charge in [-0.2, -0.15) is 0 Å². The summed E-state index contributed by atoms with van der Waals surface area (Å²) in [6.45, 7) is 1.59. The van der Waals surface area contributed by atoms with Gasteiger partial charge in [0.05, 0.1) is 5.56 Å². The van der Waals surface area contributed by atoms with Crippen molar-refractivity contribution in [1.29, 1.82) is 0 Å². The fourth-order valence-electron chi connectivity index (χ4n) is 3.06. The average molecular weight is 295 g/mol. The van der Waals surface area contributed by atoms with E-state index in [0.29, 0.717) is 17.3 Å². The summed E-state index contributed by atoms with van der Waals surface area (Å²) in [7, 11) is 0. The minimum Gasteiger partial charge on any atom is -0.383 e. The number of hydrogen-bond donors (Lipinski definition) is 1. The normalized spacial score (nSPS) is 15.7. The summed E-state index contributed by atoms with van der Waals surface area (Å²) in [6, 6.07) is 14.1. The van der Waals surface area contributed by atoms with Crippen molar-refractivity contribution in [2.24, 2.45) is 5.92 Å². The van der Waals surface area contributed by atoms with Gasteiger partial charge < -0.3 is 10.6 Å². The van der Waals surface area contributed by atoms with Crippen LogP contribution in [0.1, 0.15) is 28.8 Å². The molecule has 1 amide bonds. The molecule has 1 aliphatic heterocycles. The smallest absolute Gasteiger partial charge is 0.257 e. The Morgan fingerprint density at radius 2 is 1.86 bits per heavy atom. The summed E-state index contributed by atoms with van der Waals surface area (Å²) in [5, 5.41) is 0. The van der Waals surface area contributed by atoms with Gasteiger partial charge in [0, 0.05) is 19.3 Å². The van der Waals surface area contributed by atoms with Gasteiger partial charge in [0.25, 0.3) is 5.91 Å². The Bertz CT molecular complexity index is 634. The summed E-state index contributed by atoms with van der Waals surface area (Å²) < 4.78 is 0. The van der Waals surface area contributed by atoms with Gasteiger partial charge in [-0.05, 0) is 42.9 Å². The van der Waals surface area contributed by atoms with E-state index < -0.39 is 0 Å². The van der Waals surface area contributed by atoms with Crippen LogP contribution in [-0.2, 0) is 6.42 Å². The SMILES string of the molecule is Nc1ncccc1C(=O)N1CCC(Cc2ccccc2)CC1. The van der Waals surface area contributed by atoms with Crippen LogP contribution in [0, 0.1) is 5.92 Å². The van der Waals surface area contributed by atoms with Crippen LogP contribution in [-0.4, -0.2) is 28.9 Å². The number of benzene rings is 1. The van der Waals surface area contributed by atoms with Crippen LogP contribution in [0.4, 0.5) is 5.82 Å². The molecule has 1 aliphatic rings. The monoisotopic (exact) mass is 295 g/mol. The highest BCUT2D eigenvalue weighted by atomic mass is 16.2. The Kier molecular flexibility index (Phi) is 4.37. The largest absolute Gasteiger partial charge is 0.383 e. The zero-order valence-electron chi connectivity index (χ0n) is 12.6. The number of piperidine rings is 1. The molecular formula is C18H21N3O. The lowest BCUT2D eigenvalue weighted by Crippen LogP contribution is -2.39. The second-order valence-corrected chi connectivity index (χ2v) is 5.86. The van der Waals surface area contributed by atoms with Crippen LogP contribution in [0.2, 0.25) is 0 Å². The highest BCUT2D eigenvalue weighted by Gasteiger charge is 2.24. The van der Waals surface area contributed by atoms with Gasteiger partial charge in [-0.3, -0.25) is 4.79 Å². The van der Waals surface area contributed by atoms with Crippen LogP contribution in [0.25, 0.3) is 0 Å². The Labute approximate surface area is 131 Å². The maximum Gasteiger partial charge on any atom is 0.257 e. The number of anilines is 1. The van der Waals surface area contributed by atoms with Crippen LogP contribution in [0.5, 0.6) is 0 Å². The highest BCUT2D eigenvalue weighted by molar-refractivity contribution is 5.98. The van der Waals surface area contributed by atoms with Crippen LogP contribution in [0.15, 0.2) is 48.7 Å². The first kappa shape index (κ1) is 14.6. The zero-order valence-corrected chi connectivity index (χ0v) is 12.6. The van der Waals surface area contributed by atoms with Crippen molar-refractivity contribution in [2.45, 2.75) is 19.3 Å². The van der Waals surface area contributed by atoms with Crippen molar-refractivity contribution < 1.29 is 4.79 Å². The van der Waals surface area contributed by atoms with E-state index in [1.807, 2.05) is 11.0 Å². The Hall–Kier alpha value is -2.36. The standard InChI is InChI=1S/C18H21N3O/c19-17-16(7-4-10-20-17)18(22)21-11-8-15(9-12-21)13-14-5-2-1-3-6-14/h1-7,10,15H,8-9,11-13H2,(H2,19,20). The molecule has 22 heavy (non-hydrogen) atoms. The maximum absolute atomic E-state index is 12.5. The minimum atomic E-state index is 0.00348. The van der Waals surface area contributed by atoms with Crippen molar-refractivity contribution in [2.75, 3.05) is 18.8 Å². The summed E-state index contributed by atoms with van der Waals surface area (Å²) in [5.74, 6) is 0.973. The van der Waals surface area contributed by atoms with Crippen LogP contribution in [0.3, 0.4) is 0 Å². The zero-order chi connectivity index (χ0) is 15.4. The van der Waals surface area contributed by atoms with Crippen molar-refractivity contribution in [3.05, 3.63) is 59.8 Å². The van der Waals surface area contributed by atoms with Crippen molar-refractivity contribution in [3.8, 4) is 0 Å². The molecule has 0 spiro atoms. The molecule has 4 nitrogen and oxygen atoms in total. The third-order valence-electron chi connectivity index (χ3n) is 4.34. The lowest BCUT2D eigenvalue weighted by molar-refractivity contribution is 0.0691. The number of hydrogen-bond acceptors (Lipinski definition) is 3. The molecule has 1 fully saturated rings. The van der Waals surface area contributed by atoms with E-state index in [0.717, 1.165) is 32.4 Å². The summed E-state index contributed by atoms with van der Waals surface area (Å²) in [4.78, 5) is 18.4. The lowest BCUT2D eigenvalue weighted by atomic mass is 9.90. The van der Waals surface area contributed by atoms with Crippen molar-refractivity contribution in [1.82, 2.24) is 9.88 Å².